The zero-order chi connectivity index (χ0) is 13.1. The zero-order valence-electron chi connectivity index (χ0n) is 9.40. The van der Waals surface area contributed by atoms with Crippen LogP contribution in [0.5, 0.6) is 0 Å². The predicted octanol–water partition coefficient (Wildman–Crippen LogP) is 2.36. The number of rotatable bonds is 3. The molecule has 1 aliphatic heterocycles. The Kier molecular flexibility index (Phi) is 3.81. The molecule has 0 aromatic heterocycles. The summed E-state index contributed by atoms with van der Waals surface area (Å²) in [6.07, 6.45) is 2.68. The summed E-state index contributed by atoms with van der Waals surface area (Å²) in [5.74, 6) is -0.839. The molecule has 2 rings (SSSR count). The van der Waals surface area contributed by atoms with Crippen molar-refractivity contribution in [2.45, 2.75) is 0 Å². The van der Waals surface area contributed by atoms with E-state index in [4.69, 9.17) is 4.74 Å². The number of hydrogen-bond donors (Lipinski definition) is 1. The van der Waals surface area contributed by atoms with Crippen LogP contribution in [0.2, 0.25) is 0 Å². The summed E-state index contributed by atoms with van der Waals surface area (Å²) in [5, 5.41) is 2.70. The molecule has 0 unspecified atom stereocenters. The second-order valence-electron chi connectivity index (χ2n) is 3.62. The lowest BCUT2D eigenvalue weighted by Gasteiger charge is -2.00. The maximum absolute atomic E-state index is 11.7. The summed E-state index contributed by atoms with van der Waals surface area (Å²) in [5.41, 5.74) is 1.77. The number of esters is 1. The lowest BCUT2D eigenvalue weighted by Crippen LogP contribution is -2.07. The molecule has 92 valence electrons. The quantitative estimate of drug-likeness (QED) is 0.392. The van der Waals surface area contributed by atoms with E-state index in [9.17, 15) is 9.59 Å². The third kappa shape index (κ3) is 2.61. The highest BCUT2D eigenvalue weighted by Gasteiger charge is 2.25. The molecule has 0 radical (unpaired) electrons. The minimum Gasteiger partial charge on any atom is -0.458 e. The first kappa shape index (κ1) is 12.8. The van der Waals surface area contributed by atoms with E-state index in [2.05, 4.69) is 34.5 Å². The largest absolute Gasteiger partial charge is 0.458 e. The van der Waals surface area contributed by atoms with Crippen LogP contribution in [0.4, 0.5) is 5.69 Å². The number of nitrogens with one attached hydrogen (secondary N) is 1. The number of carbonyl (C=O) groups is 2. The number of ether oxygens (including phenoxy) is 1. The van der Waals surface area contributed by atoms with Crippen LogP contribution in [-0.4, -0.2) is 18.5 Å². The molecule has 0 saturated heterocycles. The van der Waals surface area contributed by atoms with E-state index < -0.39 is 5.97 Å². The Morgan fingerprint density at radius 1 is 1.50 bits per heavy atom. The second-order valence-corrected chi connectivity index (χ2v) is 4.87. The van der Waals surface area contributed by atoms with Crippen LogP contribution in [-0.2, 0) is 14.3 Å². The predicted molar refractivity (Wildman–Crippen MR) is 76.9 cm³/mol. The molecule has 1 aromatic carbocycles. The highest BCUT2D eigenvalue weighted by molar-refractivity contribution is 14.1. The first-order chi connectivity index (χ1) is 8.61. The summed E-state index contributed by atoms with van der Waals surface area (Å²) in [6, 6.07) is 5.55. The Bertz CT molecular complexity index is 563. The minimum absolute atomic E-state index is 0.128. The average molecular weight is 355 g/mol. The Morgan fingerprint density at radius 3 is 3.00 bits per heavy atom. The Morgan fingerprint density at radius 2 is 2.28 bits per heavy atom. The standard InChI is InChI=1S/C13H10INO3/c1-2-5-18-12(16)7-10-9-6-8(14)3-4-11(9)15-13(10)17/h2-4,6-7H,1,5H2,(H,15,17)/b10-7-. The van der Waals surface area contributed by atoms with Crippen LogP contribution in [0.1, 0.15) is 5.56 Å². The SMILES string of the molecule is C=CCOC(=O)/C=C1\C(=O)Nc2ccc(I)cc21. The first-order valence-electron chi connectivity index (χ1n) is 5.22. The molecule has 1 N–H and O–H groups in total. The Hall–Kier alpha value is -1.63. The van der Waals surface area contributed by atoms with E-state index in [1.807, 2.05) is 18.2 Å². The molecular formula is C13H10INO3. The normalized spacial score (nSPS) is 15.2. The van der Waals surface area contributed by atoms with Gasteiger partial charge in [-0.3, -0.25) is 4.79 Å². The highest BCUT2D eigenvalue weighted by Crippen LogP contribution is 2.32. The lowest BCUT2D eigenvalue weighted by molar-refractivity contribution is -0.136. The van der Waals surface area contributed by atoms with Crippen molar-refractivity contribution >= 4 is 45.7 Å². The smallest absolute Gasteiger partial charge is 0.331 e. The van der Waals surface area contributed by atoms with Gasteiger partial charge in [0.2, 0.25) is 0 Å². The molecule has 0 atom stereocenters. The van der Waals surface area contributed by atoms with Crippen molar-refractivity contribution in [2.24, 2.45) is 0 Å². The molecule has 0 saturated carbocycles. The van der Waals surface area contributed by atoms with E-state index in [0.717, 1.165) is 9.13 Å². The minimum atomic E-state index is -0.549. The van der Waals surface area contributed by atoms with E-state index in [1.54, 1.807) is 0 Å². The van der Waals surface area contributed by atoms with Gasteiger partial charge in [-0.25, -0.2) is 4.79 Å². The molecule has 0 fully saturated rings. The molecule has 1 heterocycles. The van der Waals surface area contributed by atoms with Gasteiger partial charge in [-0.05, 0) is 40.8 Å². The maximum Gasteiger partial charge on any atom is 0.331 e. The van der Waals surface area contributed by atoms with Gasteiger partial charge in [-0.15, -0.1) is 0 Å². The van der Waals surface area contributed by atoms with Gasteiger partial charge in [0.05, 0.1) is 5.57 Å². The first-order valence-corrected chi connectivity index (χ1v) is 6.30. The van der Waals surface area contributed by atoms with Gasteiger partial charge in [0.15, 0.2) is 0 Å². The zero-order valence-corrected chi connectivity index (χ0v) is 11.6. The summed E-state index contributed by atoms with van der Waals surface area (Å²) in [7, 11) is 0. The molecule has 1 amide bonds. The number of hydrogen-bond acceptors (Lipinski definition) is 3. The fraction of sp³-hybridized carbons (Fsp3) is 0.0769. The van der Waals surface area contributed by atoms with Crippen LogP contribution in [0.15, 0.2) is 36.9 Å². The van der Waals surface area contributed by atoms with E-state index >= 15 is 0 Å². The van der Waals surface area contributed by atoms with Crippen molar-refractivity contribution in [2.75, 3.05) is 11.9 Å². The van der Waals surface area contributed by atoms with Gasteiger partial charge < -0.3 is 10.1 Å². The van der Waals surface area contributed by atoms with Crippen LogP contribution in [0, 0.1) is 3.57 Å². The van der Waals surface area contributed by atoms with Crippen LogP contribution in [0.3, 0.4) is 0 Å². The van der Waals surface area contributed by atoms with Gasteiger partial charge in [-0.1, -0.05) is 12.7 Å². The van der Waals surface area contributed by atoms with Crippen LogP contribution in [0.25, 0.3) is 5.57 Å². The molecule has 5 heteroatoms. The number of anilines is 1. The molecule has 0 bridgehead atoms. The molecule has 1 aliphatic rings. The average Bonchev–Trinajstić information content (AvgIpc) is 2.63. The monoisotopic (exact) mass is 355 g/mol. The summed E-state index contributed by atoms with van der Waals surface area (Å²) in [4.78, 5) is 23.2. The van der Waals surface area contributed by atoms with Gasteiger partial charge in [0, 0.05) is 20.9 Å². The Balaban J connectivity index is 2.32. The van der Waals surface area contributed by atoms with Crippen molar-refractivity contribution in [1.29, 1.82) is 0 Å². The highest BCUT2D eigenvalue weighted by atomic mass is 127. The van der Waals surface area contributed by atoms with Crippen molar-refractivity contribution < 1.29 is 14.3 Å². The number of carbonyl (C=O) groups excluding carboxylic acids is 2. The van der Waals surface area contributed by atoms with E-state index in [-0.39, 0.29) is 12.5 Å². The van der Waals surface area contributed by atoms with Crippen LogP contribution < -0.4 is 5.32 Å². The second kappa shape index (κ2) is 5.34. The third-order valence-corrected chi connectivity index (χ3v) is 3.04. The lowest BCUT2D eigenvalue weighted by atomic mass is 10.1. The molecule has 0 aliphatic carbocycles. The van der Waals surface area contributed by atoms with Crippen LogP contribution >= 0.6 is 22.6 Å². The van der Waals surface area contributed by atoms with E-state index in [1.165, 1.54) is 12.2 Å². The molecule has 0 spiro atoms. The van der Waals surface area contributed by atoms with Crippen molar-refractivity contribution in [3.63, 3.8) is 0 Å². The molecule has 1 aromatic rings. The topological polar surface area (TPSA) is 55.4 Å². The molecular weight excluding hydrogens is 345 g/mol. The summed E-state index contributed by atoms with van der Waals surface area (Å²) >= 11 is 2.15. The van der Waals surface area contributed by atoms with Crippen molar-refractivity contribution in [3.05, 3.63) is 46.1 Å². The fourth-order valence-corrected chi connectivity index (χ4v) is 2.10. The molecule has 18 heavy (non-hydrogen) atoms. The summed E-state index contributed by atoms with van der Waals surface area (Å²) < 4.78 is 5.83. The molecule has 4 nitrogen and oxygen atoms in total. The van der Waals surface area contributed by atoms with Crippen molar-refractivity contribution in [1.82, 2.24) is 0 Å². The van der Waals surface area contributed by atoms with Crippen molar-refractivity contribution in [3.8, 4) is 0 Å². The van der Waals surface area contributed by atoms with Gasteiger partial charge in [0.25, 0.3) is 5.91 Å². The van der Waals surface area contributed by atoms with Gasteiger partial charge >= 0.3 is 5.97 Å². The third-order valence-electron chi connectivity index (χ3n) is 2.37. The summed E-state index contributed by atoms with van der Waals surface area (Å²) in [6.45, 7) is 3.58. The van der Waals surface area contributed by atoms with Gasteiger partial charge in [-0.2, -0.15) is 0 Å². The fourth-order valence-electron chi connectivity index (χ4n) is 1.60. The number of benzene rings is 1. The maximum atomic E-state index is 11.7. The van der Waals surface area contributed by atoms with E-state index in [0.29, 0.717) is 11.3 Å². The number of fused-ring (bicyclic) bond motifs is 1. The Labute approximate surface area is 118 Å². The van der Waals surface area contributed by atoms with Gasteiger partial charge in [0.1, 0.15) is 6.61 Å². The number of amides is 1. The number of halogens is 1.